The molecule has 6 heterocycles. The fraction of sp³-hybridized carbons (Fsp3) is 0.500. The molecule has 6 rings (SSSR count). The number of hydrogen-bond donors (Lipinski definition) is 7. The van der Waals surface area contributed by atoms with E-state index in [0.29, 0.717) is 11.2 Å². The maximum Gasteiger partial charge on any atom is 0.472 e. The first-order valence-electron chi connectivity index (χ1n) is 12.7. The standard InChI is InChI=1S/C20H26N10O12P2/c21-15-11-17(25-4-23-15)29(6-27-11)19-9(31)1-8(40-19)2-39-44(36,37)42-14-10(3-38-43(33,34)35)41-20(13(14)32)30-7-28-12-16(22)24-5-26-18(12)30/h4-10,13-14,19-20,31-32H,1-3H2,(H,36,37)(H2,21,23,25)(H2,22,24,26)(H2,33,34,35)/t8-,9+,10+,13+,14+,19+,20+/m0/s1. The summed E-state index contributed by atoms with van der Waals surface area (Å²) in [5.74, 6) is 0.159. The molecular weight excluding hydrogens is 634 g/mol. The number of aromatic nitrogens is 8. The first kappa shape index (κ1) is 30.8. The molecule has 22 nitrogen and oxygen atoms in total. The maximum absolute atomic E-state index is 13.0. The molecule has 2 fully saturated rings. The molecule has 4 aromatic rings. The molecule has 9 N–H and O–H groups in total. The fourth-order valence-electron chi connectivity index (χ4n) is 4.95. The van der Waals surface area contributed by atoms with E-state index in [1.165, 1.54) is 28.1 Å². The number of nitrogens with two attached hydrogens (primary N) is 2. The van der Waals surface area contributed by atoms with Crippen molar-refractivity contribution in [1.82, 2.24) is 39.0 Å². The highest BCUT2D eigenvalue weighted by Gasteiger charge is 2.50. The van der Waals surface area contributed by atoms with Crippen LogP contribution in [0.5, 0.6) is 0 Å². The van der Waals surface area contributed by atoms with Gasteiger partial charge in [-0.15, -0.1) is 0 Å². The van der Waals surface area contributed by atoms with Gasteiger partial charge in [-0.2, -0.15) is 0 Å². The number of imidazole rings is 2. The van der Waals surface area contributed by atoms with Gasteiger partial charge >= 0.3 is 15.6 Å². The summed E-state index contributed by atoms with van der Waals surface area (Å²) in [6, 6.07) is 0. The van der Waals surface area contributed by atoms with Crippen molar-refractivity contribution in [3.63, 3.8) is 0 Å². The van der Waals surface area contributed by atoms with Gasteiger partial charge in [-0.3, -0.25) is 22.7 Å². The molecular formula is C20H26N10O12P2. The largest absolute Gasteiger partial charge is 0.472 e. The Morgan fingerprint density at radius 1 is 0.841 bits per heavy atom. The first-order valence-corrected chi connectivity index (χ1v) is 15.7. The molecule has 24 heteroatoms. The highest BCUT2D eigenvalue weighted by molar-refractivity contribution is 7.47. The van der Waals surface area contributed by atoms with Crippen LogP contribution in [0, 0.1) is 0 Å². The van der Waals surface area contributed by atoms with Gasteiger partial charge in [-0.25, -0.2) is 39.0 Å². The summed E-state index contributed by atoms with van der Waals surface area (Å²) in [6.45, 7) is -1.39. The van der Waals surface area contributed by atoms with Crippen LogP contribution in [-0.2, 0) is 32.2 Å². The number of anilines is 2. The summed E-state index contributed by atoms with van der Waals surface area (Å²) in [7, 11) is -10.0. The Bertz CT molecular complexity index is 1770. The van der Waals surface area contributed by atoms with Crippen LogP contribution >= 0.6 is 15.6 Å². The van der Waals surface area contributed by atoms with Crippen LogP contribution < -0.4 is 11.5 Å². The van der Waals surface area contributed by atoms with Crippen molar-refractivity contribution in [2.75, 3.05) is 24.7 Å². The van der Waals surface area contributed by atoms with E-state index >= 15 is 0 Å². The highest BCUT2D eigenvalue weighted by Crippen LogP contribution is 2.50. The Morgan fingerprint density at radius 2 is 1.43 bits per heavy atom. The van der Waals surface area contributed by atoms with Crippen molar-refractivity contribution < 1.29 is 57.1 Å². The second kappa shape index (κ2) is 11.6. The van der Waals surface area contributed by atoms with E-state index in [-0.39, 0.29) is 29.2 Å². The Morgan fingerprint density at radius 3 is 2.02 bits per heavy atom. The number of fused-ring (bicyclic) bond motifs is 2. The SMILES string of the molecule is Nc1ncnc2c1ncn2[C@@H]1O[C@H](COP(=O)(O)O)[C@@H](OP(=O)(O)OC[C@@H]2C[C@@H](O)[C@H](n3cnc4c(N)ncnc43)O2)[C@H]1O. The van der Waals surface area contributed by atoms with Crippen molar-refractivity contribution in [2.24, 2.45) is 0 Å². The van der Waals surface area contributed by atoms with Crippen LogP contribution in [0.1, 0.15) is 18.9 Å². The van der Waals surface area contributed by atoms with Crippen LogP contribution in [-0.4, -0.2) is 108 Å². The number of hydrogen-bond acceptors (Lipinski definition) is 17. The normalized spacial score (nSPS) is 29.1. The molecule has 0 saturated carbocycles. The zero-order valence-corrected chi connectivity index (χ0v) is 24.0. The molecule has 8 atom stereocenters. The van der Waals surface area contributed by atoms with Crippen LogP contribution in [0.4, 0.5) is 11.6 Å². The van der Waals surface area contributed by atoms with E-state index in [9.17, 15) is 34.0 Å². The molecule has 0 amide bonds. The Kier molecular flexibility index (Phi) is 8.11. The summed E-state index contributed by atoms with van der Waals surface area (Å²) in [5, 5.41) is 21.7. The summed E-state index contributed by atoms with van der Waals surface area (Å²) in [4.78, 5) is 52.9. The fourth-order valence-corrected chi connectivity index (χ4v) is 6.27. The Hall–Kier alpha value is -3.24. The molecule has 4 aromatic heterocycles. The lowest BCUT2D eigenvalue weighted by molar-refractivity contribution is -0.0556. The van der Waals surface area contributed by atoms with E-state index in [4.69, 9.17) is 30.0 Å². The van der Waals surface area contributed by atoms with Crippen molar-refractivity contribution in [2.45, 2.75) is 49.4 Å². The van der Waals surface area contributed by atoms with Gasteiger partial charge in [0.05, 0.1) is 32.0 Å². The number of nitrogen functional groups attached to an aromatic ring is 2. The van der Waals surface area contributed by atoms with Crippen LogP contribution in [0.25, 0.3) is 22.3 Å². The molecule has 1 unspecified atom stereocenters. The van der Waals surface area contributed by atoms with Gasteiger partial charge in [-0.1, -0.05) is 0 Å². The van der Waals surface area contributed by atoms with Crippen LogP contribution in [0.3, 0.4) is 0 Å². The summed E-state index contributed by atoms with van der Waals surface area (Å²) < 4.78 is 53.4. The van der Waals surface area contributed by atoms with Gasteiger partial charge in [0.25, 0.3) is 0 Å². The summed E-state index contributed by atoms with van der Waals surface area (Å²) >= 11 is 0. The van der Waals surface area contributed by atoms with Gasteiger partial charge in [0.2, 0.25) is 0 Å². The lowest BCUT2D eigenvalue weighted by Crippen LogP contribution is -2.36. The summed E-state index contributed by atoms with van der Waals surface area (Å²) in [6.07, 6.45) is -4.34. The van der Waals surface area contributed by atoms with Gasteiger partial charge in [0, 0.05) is 6.42 Å². The number of phosphoric ester groups is 2. The molecule has 0 spiro atoms. The minimum atomic E-state index is -5.02. The second-order valence-corrected chi connectivity index (χ2v) is 12.4. The van der Waals surface area contributed by atoms with Gasteiger partial charge in [0.15, 0.2) is 35.4 Å². The topological polar surface area (TPSA) is 321 Å². The van der Waals surface area contributed by atoms with Gasteiger partial charge in [0.1, 0.15) is 48.1 Å². The van der Waals surface area contributed by atoms with Crippen molar-refractivity contribution in [3.05, 3.63) is 25.3 Å². The number of aliphatic hydroxyl groups is 2. The monoisotopic (exact) mass is 660 g/mol. The third-order valence-corrected chi connectivity index (χ3v) is 8.35. The van der Waals surface area contributed by atoms with Crippen LogP contribution in [0.15, 0.2) is 25.3 Å². The number of nitrogens with zero attached hydrogens (tertiary/aromatic N) is 8. The lowest BCUT2D eigenvalue weighted by Gasteiger charge is -2.24. The predicted octanol–water partition coefficient (Wildman–Crippen LogP) is -1.65. The highest BCUT2D eigenvalue weighted by atomic mass is 31.2. The molecule has 2 aliphatic rings. The van der Waals surface area contributed by atoms with E-state index in [0.717, 1.165) is 6.33 Å². The number of phosphoric acid groups is 2. The Balaban J connectivity index is 1.15. The summed E-state index contributed by atoms with van der Waals surface area (Å²) in [5.41, 5.74) is 12.5. The molecule has 44 heavy (non-hydrogen) atoms. The minimum absolute atomic E-state index is 0.0143. The quantitative estimate of drug-likeness (QED) is 0.0936. The van der Waals surface area contributed by atoms with E-state index in [1.807, 2.05) is 0 Å². The number of ether oxygens (including phenoxy) is 2. The zero-order valence-electron chi connectivity index (χ0n) is 22.2. The molecule has 2 saturated heterocycles. The van der Waals surface area contributed by atoms with Crippen molar-refractivity contribution in [3.8, 4) is 0 Å². The first-order chi connectivity index (χ1) is 20.8. The molecule has 238 valence electrons. The minimum Gasteiger partial charge on any atom is -0.388 e. The van der Waals surface area contributed by atoms with Crippen molar-refractivity contribution in [1.29, 1.82) is 0 Å². The average Bonchev–Trinajstić information content (AvgIpc) is 3.72. The zero-order chi connectivity index (χ0) is 31.4. The van der Waals surface area contributed by atoms with E-state index < -0.39 is 71.8 Å². The predicted molar refractivity (Wildman–Crippen MR) is 143 cm³/mol. The average molecular weight is 660 g/mol. The number of aliphatic hydroxyl groups excluding tert-OH is 2. The van der Waals surface area contributed by atoms with Crippen molar-refractivity contribution >= 4 is 49.6 Å². The lowest BCUT2D eigenvalue weighted by atomic mass is 10.1. The van der Waals surface area contributed by atoms with Gasteiger partial charge in [-0.05, 0) is 0 Å². The molecule has 0 radical (unpaired) electrons. The smallest absolute Gasteiger partial charge is 0.388 e. The maximum atomic E-state index is 13.0. The van der Waals surface area contributed by atoms with E-state index in [2.05, 4.69) is 34.4 Å². The molecule has 2 aliphatic heterocycles. The molecule has 0 aliphatic carbocycles. The second-order valence-electron chi connectivity index (χ2n) is 9.79. The van der Waals surface area contributed by atoms with Gasteiger partial charge < -0.3 is 45.8 Å². The molecule has 0 aromatic carbocycles. The third-order valence-electron chi connectivity index (χ3n) is 6.88. The number of rotatable bonds is 10. The van der Waals surface area contributed by atoms with Crippen LogP contribution in [0.2, 0.25) is 0 Å². The third kappa shape index (κ3) is 6.03. The molecule has 0 bridgehead atoms. The van der Waals surface area contributed by atoms with E-state index in [1.54, 1.807) is 0 Å². The Labute approximate surface area is 245 Å².